The van der Waals surface area contributed by atoms with Crippen molar-refractivity contribution < 1.29 is 9.90 Å². The van der Waals surface area contributed by atoms with Gasteiger partial charge in [0.1, 0.15) is 5.75 Å². The number of unbranched alkanes of at least 4 members (excludes halogenated alkanes) is 3. The van der Waals surface area contributed by atoms with Gasteiger partial charge in [0.15, 0.2) is 0 Å². The van der Waals surface area contributed by atoms with Gasteiger partial charge in [-0.2, -0.15) is 0 Å². The van der Waals surface area contributed by atoms with Crippen LogP contribution in [0.15, 0.2) is 53.0 Å². The van der Waals surface area contributed by atoms with Crippen LogP contribution in [0.2, 0.25) is 0 Å². The summed E-state index contributed by atoms with van der Waals surface area (Å²) in [5.74, 6) is 0.442. The molecular formula is C24H30BrNO2. The van der Waals surface area contributed by atoms with Crippen LogP contribution in [0.25, 0.3) is 0 Å². The number of aromatic hydroxyl groups is 1. The van der Waals surface area contributed by atoms with Crippen LogP contribution < -0.4 is 0 Å². The number of halogens is 1. The van der Waals surface area contributed by atoms with E-state index in [1.807, 2.05) is 23.1 Å². The van der Waals surface area contributed by atoms with Crippen LogP contribution in [-0.2, 0) is 10.2 Å². The van der Waals surface area contributed by atoms with Crippen molar-refractivity contribution in [3.8, 4) is 5.75 Å². The van der Waals surface area contributed by atoms with Crippen molar-refractivity contribution in [1.29, 1.82) is 0 Å². The summed E-state index contributed by atoms with van der Waals surface area (Å²) in [6.07, 6.45) is 5.80. The molecule has 4 heteroatoms. The normalized spacial score (nSPS) is 22.5. The molecule has 0 aliphatic carbocycles. The zero-order valence-corrected chi connectivity index (χ0v) is 18.4. The average molecular weight is 444 g/mol. The summed E-state index contributed by atoms with van der Waals surface area (Å²) in [6.45, 7) is 5.16. The van der Waals surface area contributed by atoms with E-state index in [4.69, 9.17) is 0 Å². The molecule has 0 bridgehead atoms. The molecule has 0 radical (unpaired) electrons. The molecule has 2 atom stereocenters. The third-order valence-electron chi connectivity index (χ3n) is 6.06. The van der Waals surface area contributed by atoms with Crippen LogP contribution in [0.3, 0.4) is 0 Å². The average Bonchev–Trinajstić information content (AvgIpc) is 2.70. The van der Waals surface area contributed by atoms with Crippen molar-refractivity contribution >= 4 is 21.8 Å². The highest BCUT2D eigenvalue weighted by molar-refractivity contribution is 9.10. The molecule has 2 aromatic carbocycles. The Balaban J connectivity index is 2.06. The lowest BCUT2D eigenvalue weighted by atomic mass is 9.67. The maximum atomic E-state index is 13.0. The number of hydrogen-bond acceptors (Lipinski definition) is 2. The lowest BCUT2D eigenvalue weighted by molar-refractivity contribution is -0.140. The summed E-state index contributed by atoms with van der Waals surface area (Å²) in [5.41, 5.74) is 1.78. The first-order chi connectivity index (χ1) is 13.5. The Kier molecular flexibility index (Phi) is 6.82. The van der Waals surface area contributed by atoms with E-state index < -0.39 is 0 Å². The highest BCUT2D eigenvalue weighted by Crippen LogP contribution is 2.50. The Hall–Kier alpha value is -1.81. The monoisotopic (exact) mass is 443 g/mol. The lowest BCUT2D eigenvalue weighted by Crippen LogP contribution is -2.50. The van der Waals surface area contributed by atoms with Gasteiger partial charge in [0.2, 0.25) is 5.91 Å². The van der Waals surface area contributed by atoms with Gasteiger partial charge in [0.05, 0.1) is 6.04 Å². The SMILES string of the molecule is CCCCCCN1C(=O)CCC(C)(c2ccccc2)C1c1cc(Br)ccc1O. The minimum absolute atomic E-state index is 0.185. The maximum absolute atomic E-state index is 13.0. The predicted octanol–water partition coefficient (Wildman–Crippen LogP) is 6.36. The van der Waals surface area contributed by atoms with Gasteiger partial charge in [-0.25, -0.2) is 0 Å². The molecule has 0 spiro atoms. The zero-order chi connectivity index (χ0) is 20.1. The molecule has 2 unspecified atom stereocenters. The van der Waals surface area contributed by atoms with E-state index in [2.05, 4.69) is 54.0 Å². The Labute approximate surface area is 176 Å². The molecule has 3 nitrogen and oxygen atoms in total. The molecule has 150 valence electrons. The molecule has 3 rings (SSSR count). The van der Waals surface area contributed by atoms with Gasteiger partial charge < -0.3 is 10.0 Å². The number of benzene rings is 2. The molecular weight excluding hydrogens is 414 g/mol. The Morgan fingerprint density at radius 2 is 1.89 bits per heavy atom. The van der Waals surface area contributed by atoms with Gasteiger partial charge in [-0.05, 0) is 36.6 Å². The number of carbonyl (C=O) groups excluding carboxylic acids is 1. The standard InChI is InChI=1S/C24H30BrNO2/c1-3-4-5-9-16-26-22(28)14-15-24(2,18-10-7-6-8-11-18)23(26)20-17-19(25)12-13-21(20)27/h6-8,10-13,17,23,27H,3-5,9,14-16H2,1-2H3. The van der Waals surface area contributed by atoms with Crippen LogP contribution in [0.5, 0.6) is 5.75 Å². The first kappa shape index (κ1) is 20.9. The molecule has 0 aromatic heterocycles. The maximum Gasteiger partial charge on any atom is 0.223 e. The van der Waals surface area contributed by atoms with E-state index in [1.165, 1.54) is 18.4 Å². The van der Waals surface area contributed by atoms with Crippen molar-refractivity contribution in [3.05, 3.63) is 64.1 Å². The second kappa shape index (κ2) is 9.13. The first-order valence-electron chi connectivity index (χ1n) is 10.3. The Morgan fingerprint density at radius 1 is 1.14 bits per heavy atom. The minimum atomic E-state index is -0.252. The van der Waals surface area contributed by atoms with Crippen molar-refractivity contribution in [2.45, 2.75) is 63.8 Å². The highest BCUT2D eigenvalue weighted by Gasteiger charge is 2.46. The molecule has 2 aromatic rings. The van der Waals surface area contributed by atoms with Gasteiger partial charge in [-0.3, -0.25) is 4.79 Å². The molecule has 1 saturated heterocycles. The summed E-state index contributed by atoms with van der Waals surface area (Å²) in [5, 5.41) is 10.7. The molecule has 28 heavy (non-hydrogen) atoms. The largest absolute Gasteiger partial charge is 0.508 e. The van der Waals surface area contributed by atoms with E-state index in [1.54, 1.807) is 6.07 Å². The number of rotatable bonds is 7. The Morgan fingerprint density at radius 3 is 2.61 bits per heavy atom. The van der Waals surface area contributed by atoms with E-state index in [-0.39, 0.29) is 23.1 Å². The number of phenolic OH excluding ortho intramolecular Hbond substituents is 1. The van der Waals surface area contributed by atoms with Gasteiger partial charge in [-0.15, -0.1) is 0 Å². The number of amides is 1. The molecule has 1 fully saturated rings. The fraction of sp³-hybridized carbons (Fsp3) is 0.458. The minimum Gasteiger partial charge on any atom is -0.508 e. The molecule has 1 amide bonds. The second-order valence-electron chi connectivity index (χ2n) is 8.04. The van der Waals surface area contributed by atoms with E-state index in [0.29, 0.717) is 6.42 Å². The lowest BCUT2D eigenvalue weighted by Gasteiger charge is -2.49. The number of phenols is 1. The number of carbonyl (C=O) groups is 1. The van der Waals surface area contributed by atoms with Crippen molar-refractivity contribution in [2.24, 2.45) is 0 Å². The molecule has 1 N–H and O–H groups in total. The molecule has 0 saturated carbocycles. The van der Waals surface area contributed by atoms with Crippen LogP contribution in [0.1, 0.15) is 69.5 Å². The van der Waals surface area contributed by atoms with E-state index >= 15 is 0 Å². The van der Waals surface area contributed by atoms with Gasteiger partial charge >= 0.3 is 0 Å². The summed E-state index contributed by atoms with van der Waals surface area (Å²) in [7, 11) is 0. The summed E-state index contributed by atoms with van der Waals surface area (Å²) in [4.78, 5) is 15.0. The third kappa shape index (κ3) is 4.27. The topological polar surface area (TPSA) is 40.5 Å². The fourth-order valence-corrected chi connectivity index (χ4v) is 4.85. The van der Waals surface area contributed by atoms with Crippen molar-refractivity contribution in [2.75, 3.05) is 6.54 Å². The smallest absolute Gasteiger partial charge is 0.223 e. The summed E-state index contributed by atoms with van der Waals surface area (Å²) in [6, 6.07) is 15.8. The quantitative estimate of drug-likeness (QED) is 0.505. The van der Waals surface area contributed by atoms with Crippen LogP contribution in [0.4, 0.5) is 0 Å². The van der Waals surface area contributed by atoms with Gasteiger partial charge in [0.25, 0.3) is 0 Å². The number of nitrogens with zero attached hydrogens (tertiary/aromatic N) is 1. The summed E-state index contributed by atoms with van der Waals surface area (Å²) < 4.78 is 0.916. The van der Waals surface area contributed by atoms with E-state index in [9.17, 15) is 9.90 Å². The first-order valence-corrected chi connectivity index (χ1v) is 11.1. The van der Waals surface area contributed by atoms with Gasteiger partial charge in [-0.1, -0.05) is 79.4 Å². The highest BCUT2D eigenvalue weighted by atomic mass is 79.9. The summed E-state index contributed by atoms with van der Waals surface area (Å²) >= 11 is 3.55. The molecule has 1 heterocycles. The van der Waals surface area contributed by atoms with Crippen molar-refractivity contribution in [3.63, 3.8) is 0 Å². The number of piperidine rings is 1. The fourth-order valence-electron chi connectivity index (χ4n) is 4.47. The van der Waals surface area contributed by atoms with Crippen molar-refractivity contribution in [1.82, 2.24) is 4.90 Å². The predicted molar refractivity (Wildman–Crippen MR) is 117 cm³/mol. The van der Waals surface area contributed by atoms with Crippen LogP contribution in [-0.4, -0.2) is 22.5 Å². The second-order valence-corrected chi connectivity index (χ2v) is 8.95. The van der Waals surface area contributed by atoms with Crippen LogP contribution in [0, 0.1) is 0 Å². The van der Waals surface area contributed by atoms with Gasteiger partial charge in [0, 0.05) is 28.4 Å². The van der Waals surface area contributed by atoms with Crippen LogP contribution >= 0.6 is 15.9 Å². The zero-order valence-electron chi connectivity index (χ0n) is 16.8. The number of likely N-dealkylation sites (tertiary alicyclic amines) is 1. The van der Waals surface area contributed by atoms with E-state index in [0.717, 1.165) is 35.8 Å². The number of hydrogen-bond donors (Lipinski definition) is 1. The Bertz CT molecular complexity index is 808. The molecule has 1 aliphatic heterocycles. The molecule has 1 aliphatic rings. The third-order valence-corrected chi connectivity index (χ3v) is 6.56.